The number of nitrogens with one attached hydrogen (secondary N) is 2. The number of nitrogens with zero attached hydrogens (tertiary/aromatic N) is 2. The van der Waals surface area contributed by atoms with Crippen molar-refractivity contribution in [3.8, 4) is 0 Å². The lowest BCUT2D eigenvalue weighted by Crippen LogP contribution is -2.47. The van der Waals surface area contributed by atoms with E-state index in [0.717, 1.165) is 38.7 Å². The summed E-state index contributed by atoms with van der Waals surface area (Å²) >= 11 is 0. The molecular formula is C12H22N4O. The Kier molecular flexibility index (Phi) is 3.20. The van der Waals surface area contributed by atoms with Crippen molar-refractivity contribution in [2.45, 2.75) is 38.0 Å². The lowest BCUT2D eigenvalue weighted by Gasteiger charge is -2.32. The maximum Gasteiger partial charge on any atom is 0.191 e. The van der Waals surface area contributed by atoms with Gasteiger partial charge in [0.1, 0.15) is 0 Å². The molecule has 3 unspecified atom stereocenters. The zero-order valence-electron chi connectivity index (χ0n) is 10.5. The van der Waals surface area contributed by atoms with Gasteiger partial charge in [-0.15, -0.1) is 0 Å². The zero-order valence-corrected chi connectivity index (χ0v) is 10.5. The number of rotatable bonds is 3. The van der Waals surface area contributed by atoms with Gasteiger partial charge in [-0.2, -0.15) is 0 Å². The molecule has 2 bridgehead atoms. The second-order valence-electron chi connectivity index (χ2n) is 5.38. The number of hydrogen-bond donors (Lipinski definition) is 2. The summed E-state index contributed by atoms with van der Waals surface area (Å²) in [7, 11) is 0. The van der Waals surface area contributed by atoms with Crippen LogP contribution in [-0.2, 0) is 4.74 Å². The van der Waals surface area contributed by atoms with Crippen LogP contribution < -0.4 is 10.6 Å². The van der Waals surface area contributed by atoms with Crippen molar-refractivity contribution in [1.29, 1.82) is 0 Å². The van der Waals surface area contributed by atoms with Crippen LogP contribution in [0.2, 0.25) is 0 Å². The summed E-state index contributed by atoms with van der Waals surface area (Å²) in [5.74, 6) is 0.966. The fraction of sp³-hybridized carbons (Fsp3) is 0.917. The van der Waals surface area contributed by atoms with Gasteiger partial charge in [0.25, 0.3) is 0 Å². The van der Waals surface area contributed by atoms with Gasteiger partial charge in [-0.25, -0.2) is 0 Å². The van der Waals surface area contributed by atoms with Crippen LogP contribution >= 0.6 is 0 Å². The molecule has 5 nitrogen and oxygen atoms in total. The fourth-order valence-electron chi connectivity index (χ4n) is 2.87. The van der Waals surface area contributed by atoms with Crippen LogP contribution in [0.5, 0.6) is 0 Å². The van der Waals surface area contributed by atoms with Gasteiger partial charge in [0.05, 0.1) is 18.8 Å². The number of hydrogen-bond acceptors (Lipinski definition) is 5. The van der Waals surface area contributed by atoms with Gasteiger partial charge >= 0.3 is 0 Å². The number of guanidine groups is 1. The molecule has 3 heterocycles. The predicted octanol–water partition coefficient (Wildman–Crippen LogP) is -0.213. The van der Waals surface area contributed by atoms with Crippen molar-refractivity contribution in [2.75, 3.05) is 32.7 Å². The van der Waals surface area contributed by atoms with Crippen LogP contribution in [-0.4, -0.2) is 61.8 Å². The van der Waals surface area contributed by atoms with Crippen LogP contribution in [0.1, 0.15) is 19.8 Å². The highest BCUT2D eigenvalue weighted by molar-refractivity contribution is 5.81. The molecule has 0 aliphatic carbocycles. The largest absolute Gasteiger partial charge is 0.372 e. The summed E-state index contributed by atoms with van der Waals surface area (Å²) in [6, 6.07) is 0.483. The molecule has 2 fully saturated rings. The Morgan fingerprint density at radius 1 is 1.41 bits per heavy atom. The topological polar surface area (TPSA) is 48.9 Å². The zero-order chi connectivity index (χ0) is 11.7. The van der Waals surface area contributed by atoms with E-state index in [1.54, 1.807) is 0 Å². The summed E-state index contributed by atoms with van der Waals surface area (Å²) in [5.41, 5.74) is 0. The standard InChI is InChI=1S/C12H22N4O/c1-9-6-14-12(15-9)13-4-5-16-7-10-2-3-11(8-16)17-10/h9-11H,2-8H2,1H3,(H2,13,14,15). The lowest BCUT2D eigenvalue weighted by atomic mass is 10.2. The molecule has 5 heteroatoms. The summed E-state index contributed by atoms with van der Waals surface area (Å²) in [6.07, 6.45) is 3.49. The SMILES string of the molecule is CC1CN=C(NCCN2CC3CCC(C2)O3)N1. The van der Waals surface area contributed by atoms with E-state index in [-0.39, 0.29) is 0 Å². The number of aliphatic imine (C=N–C) groups is 1. The van der Waals surface area contributed by atoms with E-state index in [4.69, 9.17) is 4.74 Å². The fourth-order valence-corrected chi connectivity index (χ4v) is 2.87. The van der Waals surface area contributed by atoms with Gasteiger partial charge in [-0.05, 0) is 19.8 Å². The highest BCUT2D eigenvalue weighted by atomic mass is 16.5. The van der Waals surface area contributed by atoms with E-state index in [0.29, 0.717) is 18.2 Å². The lowest BCUT2D eigenvalue weighted by molar-refractivity contribution is -0.0373. The maximum absolute atomic E-state index is 5.82. The Labute approximate surface area is 103 Å². The normalized spacial score (nSPS) is 36.8. The predicted molar refractivity (Wildman–Crippen MR) is 67.2 cm³/mol. The molecule has 3 rings (SSSR count). The van der Waals surface area contributed by atoms with Crippen LogP contribution in [0.25, 0.3) is 0 Å². The molecular weight excluding hydrogens is 216 g/mol. The van der Waals surface area contributed by atoms with Gasteiger partial charge in [-0.3, -0.25) is 9.89 Å². The number of fused-ring (bicyclic) bond motifs is 2. The monoisotopic (exact) mass is 238 g/mol. The first-order valence-electron chi connectivity index (χ1n) is 6.72. The third kappa shape index (κ3) is 2.72. The minimum absolute atomic E-state index is 0.483. The van der Waals surface area contributed by atoms with Gasteiger partial charge in [0.15, 0.2) is 5.96 Å². The van der Waals surface area contributed by atoms with Crippen molar-refractivity contribution >= 4 is 5.96 Å². The molecule has 2 N–H and O–H groups in total. The maximum atomic E-state index is 5.82. The van der Waals surface area contributed by atoms with Crippen molar-refractivity contribution < 1.29 is 4.74 Å². The van der Waals surface area contributed by atoms with E-state index in [2.05, 4.69) is 27.4 Å². The molecule has 0 spiro atoms. The van der Waals surface area contributed by atoms with E-state index in [1.165, 1.54) is 12.8 Å². The quantitative estimate of drug-likeness (QED) is 0.714. The van der Waals surface area contributed by atoms with Crippen LogP contribution in [0.3, 0.4) is 0 Å². The van der Waals surface area contributed by atoms with E-state index < -0.39 is 0 Å². The first-order chi connectivity index (χ1) is 8.29. The molecule has 2 saturated heterocycles. The van der Waals surface area contributed by atoms with Gasteiger partial charge < -0.3 is 15.4 Å². The van der Waals surface area contributed by atoms with Crippen molar-refractivity contribution in [1.82, 2.24) is 15.5 Å². The van der Waals surface area contributed by atoms with Crippen LogP contribution in [0.15, 0.2) is 4.99 Å². The molecule has 96 valence electrons. The summed E-state index contributed by atoms with van der Waals surface area (Å²) < 4.78 is 5.82. The second kappa shape index (κ2) is 4.82. The van der Waals surface area contributed by atoms with E-state index in [9.17, 15) is 0 Å². The summed E-state index contributed by atoms with van der Waals surface area (Å²) in [5, 5.41) is 6.68. The minimum atomic E-state index is 0.483. The van der Waals surface area contributed by atoms with Gasteiger partial charge in [-0.1, -0.05) is 0 Å². The van der Waals surface area contributed by atoms with Crippen molar-refractivity contribution in [2.24, 2.45) is 4.99 Å². The average Bonchev–Trinajstić information content (AvgIpc) is 2.86. The Hall–Kier alpha value is -0.810. The third-order valence-electron chi connectivity index (χ3n) is 3.75. The van der Waals surface area contributed by atoms with Gasteiger partial charge in [0, 0.05) is 32.2 Å². The Bertz CT molecular complexity index is 295. The first-order valence-corrected chi connectivity index (χ1v) is 6.72. The number of ether oxygens (including phenoxy) is 1. The summed E-state index contributed by atoms with van der Waals surface area (Å²) in [6.45, 7) is 7.31. The van der Waals surface area contributed by atoms with Crippen LogP contribution in [0.4, 0.5) is 0 Å². The van der Waals surface area contributed by atoms with Crippen molar-refractivity contribution in [3.63, 3.8) is 0 Å². The molecule has 0 aromatic carbocycles. The highest BCUT2D eigenvalue weighted by Crippen LogP contribution is 2.25. The average molecular weight is 238 g/mol. The highest BCUT2D eigenvalue weighted by Gasteiger charge is 2.33. The minimum Gasteiger partial charge on any atom is -0.372 e. The first kappa shape index (κ1) is 11.3. The molecule has 0 saturated carbocycles. The summed E-state index contributed by atoms with van der Waals surface area (Å²) in [4.78, 5) is 6.90. The van der Waals surface area contributed by atoms with E-state index >= 15 is 0 Å². The van der Waals surface area contributed by atoms with Gasteiger partial charge in [0.2, 0.25) is 0 Å². The molecule has 3 aliphatic rings. The molecule has 0 radical (unpaired) electrons. The number of likely N-dealkylation sites (tertiary alicyclic amines) is 1. The van der Waals surface area contributed by atoms with Crippen molar-refractivity contribution in [3.05, 3.63) is 0 Å². The molecule has 3 aliphatic heterocycles. The van der Waals surface area contributed by atoms with Crippen LogP contribution in [0, 0.1) is 0 Å². The molecule has 3 atom stereocenters. The smallest absolute Gasteiger partial charge is 0.191 e. The van der Waals surface area contributed by atoms with E-state index in [1.807, 2.05) is 0 Å². The molecule has 0 aromatic rings. The molecule has 0 aromatic heterocycles. The Morgan fingerprint density at radius 2 is 2.18 bits per heavy atom. The second-order valence-corrected chi connectivity index (χ2v) is 5.38. The Morgan fingerprint density at radius 3 is 2.82 bits per heavy atom. The Balaban J connectivity index is 1.37. The number of morpholine rings is 1. The molecule has 0 amide bonds. The third-order valence-corrected chi connectivity index (χ3v) is 3.75. The molecule has 17 heavy (non-hydrogen) atoms.